The van der Waals surface area contributed by atoms with E-state index in [2.05, 4.69) is 27.8 Å². The van der Waals surface area contributed by atoms with Crippen LogP contribution >= 0.6 is 15.9 Å². The van der Waals surface area contributed by atoms with Crippen LogP contribution in [0.5, 0.6) is 0 Å². The Bertz CT molecular complexity index is 454. The van der Waals surface area contributed by atoms with Gasteiger partial charge in [0.25, 0.3) is 0 Å². The molecule has 1 N–H and O–H groups in total. The van der Waals surface area contributed by atoms with Crippen molar-refractivity contribution in [2.24, 2.45) is 0 Å². The molecule has 5 heteroatoms. The van der Waals surface area contributed by atoms with Crippen molar-refractivity contribution >= 4 is 15.9 Å². The van der Waals surface area contributed by atoms with Crippen LogP contribution in [-0.2, 0) is 6.18 Å². The Labute approximate surface area is 120 Å². The summed E-state index contributed by atoms with van der Waals surface area (Å²) in [6, 6.07) is 3.53. The van der Waals surface area contributed by atoms with Crippen molar-refractivity contribution in [1.29, 1.82) is 0 Å². The largest absolute Gasteiger partial charge is 0.416 e. The van der Waals surface area contributed by atoms with E-state index in [0.717, 1.165) is 18.1 Å². The maximum absolute atomic E-state index is 12.7. The van der Waals surface area contributed by atoms with Crippen LogP contribution in [0.15, 0.2) is 34.8 Å². The van der Waals surface area contributed by atoms with Gasteiger partial charge in [-0.25, -0.2) is 0 Å². The predicted octanol–water partition coefficient (Wildman–Crippen LogP) is 5.08. The molecule has 1 unspecified atom stereocenters. The molecule has 1 rings (SSSR count). The number of nitrogens with one attached hydrogen (secondary N) is 1. The molecular weight excluding hydrogens is 319 g/mol. The summed E-state index contributed by atoms with van der Waals surface area (Å²) in [4.78, 5) is 0. The Balaban J connectivity index is 3.12. The molecule has 0 saturated carbocycles. The van der Waals surface area contributed by atoms with Gasteiger partial charge >= 0.3 is 6.18 Å². The molecule has 0 saturated heterocycles. The van der Waals surface area contributed by atoms with Crippen LogP contribution in [0.1, 0.15) is 36.9 Å². The van der Waals surface area contributed by atoms with E-state index in [1.165, 1.54) is 12.1 Å². The normalized spacial score (nSPS) is 13.4. The minimum atomic E-state index is -4.32. The molecule has 0 aromatic heterocycles. The molecule has 0 heterocycles. The summed E-state index contributed by atoms with van der Waals surface area (Å²) in [5.41, 5.74) is 0.976. The Hall–Kier alpha value is -0.810. The van der Waals surface area contributed by atoms with Crippen molar-refractivity contribution in [3.8, 4) is 0 Å². The molecule has 0 fully saturated rings. The average molecular weight is 336 g/mol. The number of benzene rings is 1. The Kier molecular flexibility index (Phi) is 5.62. The van der Waals surface area contributed by atoms with Gasteiger partial charge in [0.2, 0.25) is 0 Å². The highest BCUT2D eigenvalue weighted by molar-refractivity contribution is 9.10. The molecule has 19 heavy (non-hydrogen) atoms. The third-order valence-corrected chi connectivity index (χ3v) is 3.76. The second-order valence-electron chi connectivity index (χ2n) is 4.38. The molecule has 106 valence electrons. The van der Waals surface area contributed by atoms with Gasteiger partial charge in [-0.2, -0.15) is 13.2 Å². The number of hydrogen-bond donors (Lipinski definition) is 1. The van der Waals surface area contributed by atoms with Gasteiger partial charge in [0, 0.05) is 10.5 Å². The summed E-state index contributed by atoms with van der Waals surface area (Å²) >= 11 is 3.31. The fourth-order valence-electron chi connectivity index (χ4n) is 1.79. The first kappa shape index (κ1) is 16.2. The number of alkyl halides is 3. The van der Waals surface area contributed by atoms with Crippen molar-refractivity contribution in [2.45, 2.75) is 32.0 Å². The summed E-state index contributed by atoms with van der Waals surface area (Å²) in [6.07, 6.45) is -2.89. The molecule has 0 aliphatic heterocycles. The van der Waals surface area contributed by atoms with Gasteiger partial charge in [0.05, 0.1) is 5.56 Å². The van der Waals surface area contributed by atoms with E-state index < -0.39 is 11.7 Å². The zero-order valence-corrected chi connectivity index (χ0v) is 12.5. The van der Waals surface area contributed by atoms with E-state index in [4.69, 9.17) is 0 Å². The minimum absolute atomic E-state index is 0.177. The third kappa shape index (κ3) is 4.35. The standard InChI is InChI=1S/C14H17BrF3N/c1-4-9(2)7-13(19-3)11-8-10(14(16,17)18)5-6-12(11)15/h5-6,8,13,19H,2,4,7H2,1,3H3. The fraction of sp³-hybridized carbons (Fsp3) is 0.429. The van der Waals surface area contributed by atoms with Gasteiger partial charge in [0.1, 0.15) is 0 Å². The first-order valence-electron chi connectivity index (χ1n) is 6.00. The van der Waals surface area contributed by atoms with Crippen LogP contribution in [0.3, 0.4) is 0 Å². The second kappa shape index (κ2) is 6.57. The molecule has 0 bridgehead atoms. The Morgan fingerprint density at radius 1 is 1.42 bits per heavy atom. The first-order chi connectivity index (χ1) is 8.79. The molecule has 0 amide bonds. The summed E-state index contributed by atoms with van der Waals surface area (Å²) < 4.78 is 38.9. The fourth-order valence-corrected chi connectivity index (χ4v) is 2.31. The third-order valence-electron chi connectivity index (χ3n) is 3.04. The second-order valence-corrected chi connectivity index (χ2v) is 5.24. The topological polar surface area (TPSA) is 12.0 Å². The number of rotatable bonds is 5. The van der Waals surface area contributed by atoms with E-state index in [-0.39, 0.29) is 6.04 Å². The van der Waals surface area contributed by atoms with Gasteiger partial charge in [-0.05, 0) is 43.7 Å². The van der Waals surface area contributed by atoms with Crippen molar-refractivity contribution < 1.29 is 13.2 Å². The Morgan fingerprint density at radius 3 is 2.53 bits per heavy atom. The highest BCUT2D eigenvalue weighted by Crippen LogP contribution is 2.35. The van der Waals surface area contributed by atoms with E-state index in [1.54, 1.807) is 7.05 Å². The van der Waals surface area contributed by atoms with Gasteiger partial charge in [-0.3, -0.25) is 0 Å². The van der Waals surface area contributed by atoms with Crippen molar-refractivity contribution in [1.82, 2.24) is 5.32 Å². The average Bonchev–Trinajstić information content (AvgIpc) is 2.35. The zero-order chi connectivity index (χ0) is 14.6. The molecule has 1 aromatic carbocycles. The van der Waals surface area contributed by atoms with Crippen LogP contribution in [0.25, 0.3) is 0 Å². The van der Waals surface area contributed by atoms with Gasteiger partial charge in [0.15, 0.2) is 0 Å². The van der Waals surface area contributed by atoms with Crippen molar-refractivity contribution in [3.05, 3.63) is 46.0 Å². The molecule has 0 radical (unpaired) electrons. The molecule has 1 nitrogen and oxygen atoms in total. The van der Waals surface area contributed by atoms with E-state index in [0.29, 0.717) is 16.5 Å². The lowest BCUT2D eigenvalue weighted by Crippen LogP contribution is -2.18. The lowest BCUT2D eigenvalue weighted by atomic mass is 9.97. The van der Waals surface area contributed by atoms with Crippen LogP contribution < -0.4 is 5.32 Å². The van der Waals surface area contributed by atoms with Gasteiger partial charge in [-0.15, -0.1) is 0 Å². The Morgan fingerprint density at radius 2 is 2.05 bits per heavy atom. The summed E-state index contributed by atoms with van der Waals surface area (Å²) in [5, 5.41) is 3.04. The van der Waals surface area contributed by atoms with Crippen LogP contribution in [0, 0.1) is 0 Å². The van der Waals surface area contributed by atoms with Gasteiger partial charge < -0.3 is 5.32 Å². The minimum Gasteiger partial charge on any atom is -0.313 e. The van der Waals surface area contributed by atoms with Crippen LogP contribution in [-0.4, -0.2) is 7.05 Å². The highest BCUT2D eigenvalue weighted by atomic mass is 79.9. The van der Waals surface area contributed by atoms with Crippen LogP contribution in [0.4, 0.5) is 13.2 Å². The summed E-state index contributed by atoms with van der Waals surface area (Å²) in [6.45, 7) is 5.89. The quantitative estimate of drug-likeness (QED) is 0.739. The molecule has 0 aliphatic carbocycles. The van der Waals surface area contributed by atoms with E-state index >= 15 is 0 Å². The SMILES string of the molecule is C=C(CC)CC(NC)c1cc(C(F)(F)F)ccc1Br. The monoisotopic (exact) mass is 335 g/mol. The molecule has 1 aromatic rings. The van der Waals surface area contributed by atoms with E-state index in [1.807, 2.05) is 6.92 Å². The summed E-state index contributed by atoms with van der Waals surface area (Å²) in [7, 11) is 1.74. The highest BCUT2D eigenvalue weighted by Gasteiger charge is 2.31. The number of hydrogen-bond acceptors (Lipinski definition) is 1. The first-order valence-corrected chi connectivity index (χ1v) is 6.79. The predicted molar refractivity (Wildman–Crippen MR) is 75.0 cm³/mol. The maximum Gasteiger partial charge on any atom is 0.416 e. The van der Waals surface area contributed by atoms with Crippen molar-refractivity contribution in [3.63, 3.8) is 0 Å². The molecular formula is C14H17BrF3N. The van der Waals surface area contributed by atoms with Crippen LogP contribution in [0.2, 0.25) is 0 Å². The molecule has 0 aliphatic rings. The summed E-state index contributed by atoms with van der Waals surface area (Å²) in [5.74, 6) is 0. The van der Waals surface area contributed by atoms with Gasteiger partial charge in [-0.1, -0.05) is 35.0 Å². The van der Waals surface area contributed by atoms with Crippen molar-refractivity contribution in [2.75, 3.05) is 7.05 Å². The molecule has 0 spiro atoms. The lowest BCUT2D eigenvalue weighted by Gasteiger charge is -2.20. The molecule has 1 atom stereocenters. The zero-order valence-electron chi connectivity index (χ0n) is 10.9. The lowest BCUT2D eigenvalue weighted by molar-refractivity contribution is -0.137. The maximum atomic E-state index is 12.7. The number of halogens is 4. The smallest absolute Gasteiger partial charge is 0.313 e. The van der Waals surface area contributed by atoms with E-state index in [9.17, 15) is 13.2 Å².